The van der Waals surface area contributed by atoms with Crippen molar-refractivity contribution in [2.45, 2.75) is 45.7 Å². The van der Waals surface area contributed by atoms with Crippen LogP contribution >= 0.6 is 0 Å². The zero-order chi connectivity index (χ0) is 17.9. The average Bonchev–Trinajstić information content (AvgIpc) is 3.10. The minimum Gasteiger partial charge on any atom is -0.356 e. The molecule has 6 heteroatoms. The number of rotatable bonds is 10. The summed E-state index contributed by atoms with van der Waals surface area (Å²) in [5, 5.41) is 9.97. The maximum atomic E-state index is 12.0. The average molecular weight is 342 g/mol. The Morgan fingerprint density at radius 2 is 1.84 bits per heavy atom. The number of nitrogens with zero attached hydrogens (tertiary/aromatic N) is 2. The van der Waals surface area contributed by atoms with E-state index in [1.54, 1.807) is 6.20 Å². The second-order valence-corrected chi connectivity index (χ2v) is 6.04. The monoisotopic (exact) mass is 342 g/mol. The van der Waals surface area contributed by atoms with E-state index in [0.29, 0.717) is 26.1 Å². The lowest BCUT2D eigenvalue weighted by atomic mass is 10.1. The van der Waals surface area contributed by atoms with Crippen molar-refractivity contribution in [1.82, 2.24) is 20.4 Å². The molecule has 0 spiro atoms. The molecular formula is C19H26N4O2. The first kappa shape index (κ1) is 18.7. The van der Waals surface area contributed by atoms with Crippen LogP contribution in [0.1, 0.15) is 43.7 Å². The molecule has 2 N–H and O–H groups in total. The molecule has 0 aliphatic rings. The summed E-state index contributed by atoms with van der Waals surface area (Å²) >= 11 is 0. The van der Waals surface area contributed by atoms with Gasteiger partial charge in [-0.05, 0) is 30.0 Å². The lowest BCUT2D eigenvalue weighted by molar-refractivity contribution is -0.121. The van der Waals surface area contributed by atoms with Gasteiger partial charge in [0.1, 0.15) is 0 Å². The van der Waals surface area contributed by atoms with E-state index < -0.39 is 0 Å². The van der Waals surface area contributed by atoms with Gasteiger partial charge in [0.25, 0.3) is 0 Å². The smallest absolute Gasteiger partial charge is 0.220 e. The molecule has 2 amide bonds. The molecule has 2 aromatic rings. The highest BCUT2D eigenvalue weighted by molar-refractivity contribution is 5.75. The van der Waals surface area contributed by atoms with Crippen molar-refractivity contribution in [3.63, 3.8) is 0 Å². The molecule has 0 fully saturated rings. The summed E-state index contributed by atoms with van der Waals surface area (Å²) in [5.74, 6) is 0.0555. The highest BCUT2D eigenvalue weighted by Gasteiger charge is 2.06. The second kappa shape index (κ2) is 10.3. The molecule has 0 atom stereocenters. The number of unbranched alkanes of at least 4 members (excludes halogenated alkanes) is 2. The van der Waals surface area contributed by atoms with Crippen molar-refractivity contribution in [1.29, 1.82) is 0 Å². The van der Waals surface area contributed by atoms with Gasteiger partial charge >= 0.3 is 0 Å². The first-order valence-corrected chi connectivity index (χ1v) is 8.70. The van der Waals surface area contributed by atoms with Gasteiger partial charge in [-0.3, -0.25) is 14.3 Å². The third-order valence-electron chi connectivity index (χ3n) is 3.94. The van der Waals surface area contributed by atoms with E-state index >= 15 is 0 Å². The highest BCUT2D eigenvalue weighted by atomic mass is 16.2. The first-order chi connectivity index (χ1) is 12.1. The van der Waals surface area contributed by atoms with E-state index in [0.717, 1.165) is 30.4 Å². The van der Waals surface area contributed by atoms with Crippen LogP contribution in [-0.2, 0) is 22.7 Å². The second-order valence-electron chi connectivity index (χ2n) is 6.04. The highest BCUT2D eigenvalue weighted by Crippen LogP contribution is 2.10. The number of carbonyl (C=O) groups is 2. The van der Waals surface area contributed by atoms with Crippen molar-refractivity contribution in [3.05, 3.63) is 53.9 Å². The molecular weight excluding hydrogens is 316 g/mol. The molecule has 134 valence electrons. The molecule has 0 saturated carbocycles. The summed E-state index contributed by atoms with van der Waals surface area (Å²) in [4.78, 5) is 22.7. The summed E-state index contributed by atoms with van der Waals surface area (Å²) in [6.07, 6.45) is 6.87. The standard InChI is InChI=1S/C19H26N4O2/c1-16(24)20-11-6-2-3-10-19(25)21-14-17-8-4-5-9-18(17)15-23-13-7-12-22-23/h4-5,7-9,12-13H,2-3,6,10-11,14-15H2,1H3,(H,20,24)(H,21,25). The predicted octanol–water partition coefficient (Wildman–Crippen LogP) is 2.24. The van der Waals surface area contributed by atoms with Crippen LogP contribution in [0.3, 0.4) is 0 Å². The molecule has 0 unspecified atom stereocenters. The molecule has 1 aromatic heterocycles. The molecule has 0 aliphatic carbocycles. The SMILES string of the molecule is CC(=O)NCCCCCC(=O)NCc1ccccc1Cn1cccn1. The lowest BCUT2D eigenvalue weighted by Gasteiger charge is -2.11. The number of nitrogens with one attached hydrogen (secondary N) is 2. The third-order valence-corrected chi connectivity index (χ3v) is 3.94. The van der Waals surface area contributed by atoms with Gasteiger partial charge in [0.05, 0.1) is 6.54 Å². The number of aromatic nitrogens is 2. The van der Waals surface area contributed by atoms with Gasteiger partial charge in [-0.25, -0.2) is 0 Å². The van der Waals surface area contributed by atoms with Gasteiger partial charge in [0.15, 0.2) is 0 Å². The fourth-order valence-corrected chi connectivity index (χ4v) is 2.59. The Balaban J connectivity index is 1.70. The van der Waals surface area contributed by atoms with Crippen LogP contribution in [0.5, 0.6) is 0 Å². The van der Waals surface area contributed by atoms with Crippen LogP contribution < -0.4 is 10.6 Å². The van der Waals surface area contributed by atoms with Crippen molar-refractivity contribution >= 4 is 11.8 Å². The van der Waals surface area contributed by atoms with E-state index in [4.69, 9.17) is 0 Å². The Morgan fingerprint density at radius 3 is 2.56 bits per heavy atom. The third kappa shape index (κ3) is 7.20. The molecule has 0 bridgehead atoms. The first-order valence-electron chi connectivity index (χ1n) is 8.70. The summed E-state index contributed by atoms with van der Waals surface area (Å²) < 4.78 is 1.87. The fourth-order valence-electron chi connectivity index (χ4n) is 2.59. The number of hydrogen-bond acceptors (Lipinski definition) is 3. The van der Waals surface area contributed by atoms with Crippen molar-refractivity contribution in [3.8, 4) is 0 Å². The van der Waals surface area contributed by atoms with Crippen LogP contribution in [0, 0.1) is 0 Å². The molecule has 1 aromatic carbocycles. The van der Waals surface area contributed by atoms with E-state index in [-0.39, 0.29) is 11.8 Å². The summed E-state index contributed by atoms with van der Waals surface area (Å²) in [7, 11) is 0. The molecule has 1 heterocycles. The van der Waals surface area contributed by atoms with Crippen molar-refractivity contribution in [2.75, 3.05) is 6.54 Å². The number of amides is 2. The topological polar surface area (TPSA) is 76.0 Å². The molecule has 25 heavy (non-hydrogen) atoms. The van der Waals surface area contributed by atoms with E-state index in [1.165, 1.54) is 6.92 Å². The van der Waals surface area contributed by atoms with Crippen molar-refractivity contribution in [2.24, 2.45) is 0 Å². The predicted molar refractivity (Wildman–Crippen MR) is 96.8 cm³/mol. The Labute approximate surface area is 148 Å². The fraction of sp³-hybridized carbons (Fsp3) is 0.421. The van der Waals surface area contributed by atoms with Crippen LogP contribution in [0.25, 0.3) is 0 Å². The van der Waals surface area contributed by atoms with Gasteiger partial charge < -0.3 is 10.6 Å². The largest absolute Gasteiger partial charge is 0.356 e. The number of hydrogen-bond donors (Lipinski definition) is 2. The summed E-state index contributed by atoms with van der Waals surface area (Å²) in [6.45, 7) is 3.42. The molecule has 0 radical (unpaired) electrons. The van der Waals surface area contributed by atoms with E-state index in [1.807, 2.05) is 35.1 Å². The Hall–Kier alpha value is -2.63. The van der Waals surface area contributed by atoms with E-state index in [2.05, 4.69) is 21.8 Å². The van der Waals surface area contributed by atoms with Crippen LogP contribution in [-0.4, -0.2) is 28.1 Å². The molecule has 0 saturated heterocycles. The van der Waals surface area contributed by atoms with Crippen LogP contribution in [0.2, 0.25) is 0 Å². The van der Waals surface area contributed by atoms with Crippen LogP contribution in [0.4, 0.5) is 0 Å². The van der Waals surface area contributed by atoms with E-state index in [9.17, 15) is 9.59 Å². The minimum absolute atomic E-state index is 0.00785. The minimum atomic E-state index is -0.00785. The Morgan fingerprint density at radius 1 is 1.04 bits per heavy atom. The summed E-state index contributed by atoms with van der Waals surface area (Å²) in [5.41, 5.74) is 2.26. The Bertz CT molecular complexity index is 668. The van der Waals surface area contributed by atoms with Gasteiger partial charge in [-0.15, -0.1) is 0 Å². The van der Waals surface area contributed by atoms with Gasteiger partial charge in [-0.1, -0.05) is 30.7 Å². The molecule has 0 aliphatic heterocycles. The maximum absolute atomic E-state index is 12.0. The van der Waals surface area contributed by atoms with Crippen LogP contribution in [0.15, 0.2) is 42.7 Å². The summed E-state index contributed by atoms with van der Waals surface area (Å²) in [6, 6.07) is 9.98. The normalized spacial score (nSPS) is 10.4. The number of carbonyl (C=O) groups excluding carboxylic acids is 2. The zero-order valence-electron chi connectivity index (χ0n) is 14.7. The quantitative estimate of drug-likeness (QED) is 0.650. The lowest BCUT2D eigenvalue weighted by Crippen LogP contribution is -2.23. The van der Waals surface area contributed by atoms with Crippen molar-refractivity contribution < 1.29 is 9.59 Å². The zero-order valence-corrected chi connectivity index (χ0v) is 14.7. The number of benzene rings is 1. The molecule has 6 nitrogen and oxygen atoms in total. The maximum Gasteiger partial charge on any atom is 0.220 e. The Kier molecular flexibility index (Phi) is 7.69. The van der Waals surface area contributed by atoms with Gasteiger partial charge in [-0.2, -0.15) is 5.10 Å². The molecule has 2 rings (SSSR count). The van der Waals surface area contributed by atoms with Gasteiger partial charge in [0.2, 0.25) is 11.8 Å². The van der Waals surface area contributed by atoms with Gasteiger partial charge in [0, 0.05) is 38.8 Å².